The van der Waals surface area contributed by atoms with Crippen LogP contribution in [0.3, 0.4) is 0 Å². The zero-order valence-electron chi connectivity index (χ0n) is 18.3. The van der Waals surface area contributed by atoms with Crippen LogP contribution in [0.2, 0.25) is 0 Å². The standard InChI is InChI=1S/C30H28N2/c1-2-9-22(10-3-1)17-18-29-30-27(26-15-6-7-16-28(26)31-30)19-20-32(29)21-24-13-8-12-23-11-4-5-14-25(23)24/h1-16,29,31H,17-21H2/t29-/m1/s1. The lowest BCUT2D eigenvalue weighted by Gasteiger charge is -2.36. The van der Waals surface area contributed by atoms with Crippen molar-refractivity contribution in [1.82, 2.24) is 9.88 Å². The molecule has 1 aliphatic heterocycles. The molecule has 6 rings (SSSR count). The second-order valence-corrected chi connectivity index (χ2v) is 8.96. The van der Waals surface area contributed by atoms with Crippen molar-refractivity contribution in [2.75, 3.05) is 6.54 Å². The molecule has 1 aliphatic rings. The van der Waals surface area contributed by atoms with Gasteiger partial charge < -0.3 is 4.98 Å². The molecule has 0 unspecified atom stereocenters. The maximum Gasteiger partial charge on any atom is 0.0508 e. The lowest BCUT2D eigenvalue weighted by Crippen LogP contribution is -2.35. The summed E-state index contributed by atoms with van der Waals surface area (Å²) in [7, 11) is 0. The molecular formula is C30H28N2. The van der Waals surface area contributed by atoms with Gasteiger partial charge in [-0.3, -0.25) is 4.90 Å². The van der Waals surface area contributed by atoms with Crippen molar-refractivity contribution in [3.05, 3.63) is 119 Å². The number of aromatic amines is 1. The summed E-state index contributed by atoms with van der Waals surface area (Å²) >= 11 is 0. The monoisotopic (exact) mass is 416 g/mol. The molecule has 0 fully saturated rings. The van der Waals surface area contributed by atoms with Crippen molar-refractivity contribution in [3.63, 3.8) is 0 Å². The Bertz CT molecular complexity index is 1360. The Balaban J connectivity index is 1.37. The molecule has 0 spiro atoms. The zero-order chi connectivity index (χ0) is 21.3. The fraction of sp³-hybridized carbons (Fsp3) is 0.200. The van der Waals surface area contributed by atoms with Crippen molar-refractivity contribution in [2.45, 2.75) is 31.8 Å². The Morgan fingerprint density at radius 1 is 0.750 bits per heavy atom. The molecule has 2 heteroatoms. The molecule has 0 aliphatic carbocycles. The van der Waals surface area contributed by atoms with Crippen LogP contribution < -0.4 is 0 Å². The van der Waals surface area contributed by atoms with E-state index in [9.17, 15) is 0 Å². The van der Waals surface area contributed by atoms with Crippen LogP contribution in [0.4, 0.5) is 0 Å². The van der Waals surface area contributed by atoms with Crippen LogP contribution in [0.5, 0.6) is 0 Å². The van der Waals surface area contributed by atoms with Crippen molar-refractivity contribution >= 4 is 21.7 Å². The first kappa shape index (κ1) is 19.3. The second kappa shape index (κ2) is 8.29. The first-order chi connectivity index (χ1) is 15.9. The van der Waals surface area contributed by atoms with Gasteiger partial charge in [-0.2, -0.15) is 0 Å². The number of benzene rings is 4. The highest BCUT2D eigenvalue weighted by Crippen LogP contribution is 2.38. The summed E-state index contributed by atoms with van der Waals surface area (Å²) < 4.78 is 0. The average Bonchev–Trinajstić information content (AvgIpc) is 3.23. The number of hydrogen-bond acceptors (Lipinski definition) is 1. The highest BCUT2D eigenvalue weighted by atomic mass is 15.2. The van der Waals surface area contributed by atoms with Crippen LogP contribution in [-0.4, -0.2) is 16.4 Å². The van der Waals surface area contributed by atoms with Gasteiger partial charge in [0.2, 0.25) is 0 Å². The van der Waals surface area contributed by atoms with E-state index in [1.807, 2.05) is 0 Å². The lowest BCUT2D eigenvalue weighted by molar-refractivity contribution is 0.165. The molecule has 1 atom stereocenters. The Morgan fingerprint density at radius 3 is 2.41 bits per heavy atom. The summed E-state index contributed by atoms with van der Waals surface area (Å²) in [6.07, 6.45) is 3.31. The van der Waals surface area contributed by atoms with E-state index in [0.29, 0.717) is 6.04 Å². The van der Waals surface area contributed by atoms with E-state index in [1.54, 1.807) is 0 Å². The van der Waals surface area contributed by atoms with Crippen LogP contribution in [-0.2, 0) is 19.4 Å². The quantitative estimate of drug-likeness (QED) is 0.325. The predicted molar refractivity (Wildman–Crippen MR) is 134 cm³/mol. The van der Waals surface area contributed by atoms with E-state index in [2.05, 4.69) is 107 Å². The molecule has 1 aromatic heterocycles. The summed E-state index contributed by atoms with van der Waals surface area (Å²) in [6.45, 7) is 2.08. The summed E-state index contributed by atoms with van der Waals surface area (Å²) in [5, 5.41) is 4.10. The Kier molecular flexibility index (Phi) is 5.01. The van der Waals surface area contributed by atoms with E-state index < -0.39 is 0 Å². The van der Waals surface area contributed by atoms with Crippen molar-refractivity contribution in [2.24, 2.45) is 0 Å². The third kappa shape index (κ3) is 3.51. The van der Waals surface area contributed by atoms with Crippen molar-refractivity contribution in [1.29, 1.82) is 0 Å². The molecule has 0 bridgehead atoms. The largest absolute Gasteiger partial charge is 0.357 e. The highest BCUT2D eigenvalue weighted by Gasteiger charge is 2.30. The van der Waals surface area contributed by atoms with Crippen molar-refractivity contribution < 1.29 is 0 Å². The number of aromatic nitrogens is 1. The molecule has 32 heavy (non-hydrogen) atoms. The number of nitrogens with one attached hydrogen (secondary N) is 1. The van der Waals surface area contributed by atoms with Crippen LogP contribution in [0.25, 0.3) is 21.7 Å². The second-order valence-electron chi connectivity index (χ2n) is 8.96. The summed E-state index contributed by atoms with van der Waals surface area (Å²) in [6, 6.07) is 35.6. The van der Waals surface area contributed by atoms with Gasteiger partial charge in [0, 0.05) is 29.7 Å². The summed E-state index contributed by atoms with van der Waals surface area (Å²) in [5.41, 5.74) is 7.06. The highest BCUT2D eigenvalue weighted by molar-refractivity contribution is 5.86. The maximum absolute atomic E-state index is 3.81. The third-order valence-electron chi connectivity index (χ3n) is 7.07. The minimum atomic E-state index is 0.394. The zero-order valence-corrected chi connectivity index (χ0v) is 18.3. The van der Waals surface area contributed by atoms with Gasteiger partial charge in [0.05, 0.1) is 6.04 Å². The van der Waals surface area contributed by atoms with Gasteiger partial charge in [0.25, 0.3) is 0 Å². The van der Waals surface area contributed by atoms with Crippen LogP contribution in [0.1, 0.15) is 34.8 Å². The van der Waals surface area contributed by atoms with E-state index in [1.165, 1.54) is 44.1 Å². The maximum atomic E-state index is 3.81. The number of H-pyrrole nitrogens is 1. The minimum Gasteiger partial charge on any atom is -0.357 e. The molecule has 4 aromatic carbocycles. The number of rotatable bonds is 5. The smallest absolute Gasteiger partial charge is 0.0508 e. The minimum absolute atomic E-state index is 0.394. The molecular weight excluding hydrogens is 388 g/mol. The number of hydrogen-bond donors (Lipinski definition) is 1. The molecule has 1 N–H and O–H groups in total. The van der Waals surface area contributed by atoms with Gasteiger partial charge in [0.15, 0.2) is 0 Å². The van der Waals surface area contributed by atoms with Gasteiger partial charge in [-0.25, -0.2) is 0 Å². The SMILES string of the molecule is c1ccc(CC[C@@H]2c3[nH]c4ccccc4c3CCN2Cc2cccc3ccccc23)cc1. The van der Waals surface area contributed by atoms with Crippen LogP contribution in [0, 0.1) is 0 Å². The fourth-order valence-corrected chi connectivity index (χ4v) is 5.48. The van der Waals surface area contributed by atoms with E-state index in [4.69, 9.17) is 0 Å². The number of aryl methyl sites for hydroxylation is 1. The molecule has 0 saturated heterocycles. The molecule has 0 saturated carbocycles. The molecule has 2 heterocycles. The van der Waals surface area contributed by atoms with Crippen molar-refractivity contribution in [3.8, 4) is 0 Å². The molecule has 2 nitrogen and oxygen atoms in total. The first-order valence-electron chi connectivity index (χ1n) is 11.7. The Morgan fingerprint density at radius 2 is 1.50 bits per heavy atom. The Labute approximate surface area is 189 Å². The van der Waals surface area contributed by atoms with E-state index >= 15 is 0 Å². The molecule has 0 amide bonds. The lowest BCUT2D eigenvalue weighted by atomic mass is 9.92. The molecule has 0 radical (unpaired) electrons. The number of fused-ring (bicyclic) bond motifs is 4. The number of nitrogens with zero attached hydrogens (tertiary/aromatic N) is 1. The van der Waals surface area contributed by atoms with Gasteiger partial charge in [-0.05, 0) is 52.8 Å². The topological polar surface area (TPSA) is 19.0 Å². The third-order valence-corrected chi connectivity index (χ3v) is 7.07. The van der Waals surface area contributed by atoms with E-state index in [-0.39, 0.29) is 0 Å². The van der Waals surface area contributed by atoms with Gasteiger partial charge >= 0.3 is 0 Å². The summed E-state index contributed by atoms with van der Waals surface area (Å²) in [5.74, 6) is 0. The van der Waals surface area contributed by atoms with Crippen LogP contribution >= 0.6 is 0 Å². The van der Waals surface area contributed by atoms with E-state index in [0.717, 1.165) is 32.4 Å². The van der Waals surface area contributed by atoms with Gasteiger partial charge in [-0.15, -0.1) is 0 Å². The normalized spacial score (nSPS) is 16.4. The first-order valence-corrected chi connectivity index (χ1v) is 11.7. The summed E-state index contributed by atoms with van der Waals surface area (Å²) in [4.78, 5) is 6.51. The Hall–Kier alpha value is -3.36. The van der Waals surface area contributed by atoms with Gasteiger partial charge in [-0.1, -0.05) is 91.0 Å². The predicted octanol–water partition coefficient (Wildman–Crippen LogP) is 7.05. The van der Waals surface area contributed by atoms with Gasteiger partial charge in [0.1, 0.15) is 0 Å². The molecule has 158 valence electrons. The fourth-order valence-electron chi connectivity index (χ4n) is 5.48. The number of para-hydroxylation sites is 1. The van der Waals surface area contributed by atoms with Crippen LogP contribution in [0.15, 0.2) is 97.1 Å². The average molecular weight is 417 g/mol. The molecule has 5 aromatic rings.